The molecule has 17 heavy (non-hydrogen) atoms. The van der Waals surface area contributed by atoms with E-state index in [4.69, 9.17) is 4.42 Å². The second-order valence-corrected chi connectivity index (χ2v) is 3.93. The van der Waals surface area contributed by atoms with E-state index >= 15 is 0 Å². The number of H-pyrrole nitrogens is 1. The monoisotopic (exact) mass is 255 g/mol. The first-order valence-corrected chi connectivity index (χ1v) is 5.41. The molecule has 0 radical (unpaired) electrons. The number of fused-ring (bicyclic) bond motifs is 1. The molecule has 1 aliphatic rings. The van der Waals surface area contributed by atoms with Crippen molar-refractivity contribution in [1.29, 1.82) is 0 Å². The maximum atomic E-state index is 11.0. The Morgan fingerprint density at radius 1 is 1.24 bits per heavy atom. The van der Waals surface area contributed by atoms with Crippen LogP contribution in [0, 0.1) is 0 Å². The zero-order valence-electron chi connectivity index (χ0n) is 9.23. The number of aromatic nitrogens is 1. The van der Waals surface area contributed by atoms with E-state index < -0.39 is 5.76 Å². The second-order valence-electron chi connectivity index (χ2n) is 3.93. The van der Waals surface area contributed by atoms with Crippen LogP contribution in [-0.4, -0.2) is 31.2 Å². The summed E-state index contributed by atoms with van der Waals surface area (Å²) in [5, 5.41) is 3.31. The summed E-state index contributed by atoms with van der Waals surface area (Å²) in [5.74, 6) is -0.396. The fourth-order valence-corrected chi connectivity index (χ4v) is 2.06. The lowest BCUT2D eigenvalue weighted by Crippen LogP contribution is -2.43. The van der Waals surface area contributed by atoms with Gasteiger partial charge in [-0.25, -0.2) is 4.79 Å². The van der Waals surface area contributed by atoms with E-state index in [-0.39, 0.29) is 12.4 Å². The molecule has 1 aromatic carbocycles. The van der Waals surface area contributed by atoms with Crippen LogP contribution in [0.3, 0.4) is 0 Å². The van der Waals surface area contributed by atoms with Crippen molar-refractivity contribution in [3.63, 3.8) is 0 Å². The first kappa shape index (κ1) is 12.0. The maximum Gasteiger partial charge on any atom is 0.417 e. The van der Waals surface area contributed by atoms with Gasteiger partial charge in [-0.05, 0) is 18.2 Å². The van der Waals surface area contributed by atoms with E-state index in [1.165, 1.54) is 0 Å². The van der Waals surface area contributed by atoms with Gasteiger partial charge >= 0.3 is 5.76 Å². The smallest absolute Gasteiger partial charge is 0.408 e. The molecule has 6 heteroatoms. The molecule has 2 aromatic rings. The molecule has 1 fully saturated rings. The van der Waals surface area contributed by atoms with Crippen LogP contribution < -0.4 is 16.0 Å². The van der Waals surface area contributed by atoms with E-state index in [1.807, 2.05) is 18.2 Å². The summed E-state index contributed by atoms with van der Waals surface area (Å²) in [6.45, 7) is 3.99. The van der Waals surface area contributed by atoms with Crippen molar-refractivity contribution in [3.8, 4) is 0 Å². The molecule has 0 saturated carbocycles. The summed E-state index contributed by atoms with van der Waals surface area (Å²) in [5.41, 5.74) is 2.51. The first-order chi connectivity index (χ1) is 7.83. The minimum atomic E-state index is -0.396. The van der Waals surface area contributed by atoms with Crippen molar-refractivity contribution in [2.24, 2.45) is 0 Å². The van der Waals surface area contributed by atoms with Crippen LogP contribution >= 0.6 is 12.4 Å². The Kier molecular flexibility index (Phi) is 3.40. The highest BCUT2D eigenvalue weighted by atomic mass is 35.5. The number of nitrogens with zero attached hydrogens (tertiary/aromatic N) is 1. The van der Waals surface area contributed by atoms with E-state index in [0.717, 1.165) is 37.4 Å². The highest BCUT2D eigenvalue weighted by Gasteiger charge is 2.11. The Morgan fingerprint density at radius 2 is 2.00 bits per heavy atom. The second kappa shape index (κ2) is 4.81. The molecule has 0 unspecified atom stereocenters. The molecule has 92 valence electrons. The number of rotatable bonds is 1. The zero-order chi connectivity index (χ0) is 11.0. The van der Waals surface area contributed by atoms with Gasteiger partial charge in [0.05, 0.1) is 5.52 Å². The Bertz CT molecular complexity index is 557. The number of anilines is 1. The Morgan fingerprint density at radius 3 is 2.76 bits per heavy atom. The lowest BCUT2D eigenvalue weighted by molar-refractivity contribution is 0.555. The molecule has 1 aromatic heterocycles. The molecule has 3 rings (SSSR count). The number of benzene rings is 1. The van der Waals surface area contributed by atoms with Gasteiger partial charge in [0, 0.05) is 31.9 Å². The van der Waals surface area contributed by atoms with E-state index in [2.05, 4.69) is 15.2 Å². The molecule has 2 heterocycles. The van der Waals surface area contributed by atoms with Gasteiger partial charge in [-0.15, -0.1) is 12.4 Å². The number of hydrogen-bond donors (Lipinski definition) is 2. The third-order valence-electron chi connectivity index (χ3n) is 2.88. The van der Waals surface area contributed by atoms with Gasteiger partial charge in [0.15, 0.2) is 5.58 Å². The SMILES string of the molecule is Cl.O=c1[nH]c2cc(N3CCNCC3)ccc2o1. The van der Waals surface area contributed by atoms with E-state index in [1.54, 1.807) is 0 Å². The summed E-state index contributed by atoms with van der Waals surface area (Å²) in [7, 11) is 0. The maximum absolute atomic E-state index is 11.0. The normalized spacial score (nSPS) is 15.9. The van der Waals surface area contributed by atoms with Crippen molar-refractivity contribution in [2.75, 3.05) is 31.1 Å². The van der Waals surface area contributed by atoms with Crippen LogP contribution in [0.15, 0.2) is 27.4 Å². The number of hydrogen-bond acceptors (Lipinski definition) is 4. The van der Waals surface area contributed by atoms with Crippen LogP contribution in [0.5, 0.6) is 0 Å². The number of aromatic amines is 1. The van der Waals surface area contributed by atoms with Gasteiger partial charge < -0.3 is 14.6 Å². The lowest BCUT2D eigenvalue weighted by atomic mass is 10.2. The molecule has 2 N–H and O–H groups in total. The zero-order valence-corrected chi connectivity index (χ0v) is 10.0. The van der Waals surface area contributed by atoms with Crippen molar-refractivity contribution < 1.29 is 4.42 Å². The van der Waals surface area contributed by atoms with Gasteiger partial charge in [-0.1, -0.05) is 0 Å². The predicted octanol–water partition coefficient (Wildman–Crippen LogP) is 0.952. The van der Waals surface area contributed by atoms with Gasteiger partial charge in [0.1, 0.15) is 0 Å². The molecule has 1 saturated heterocycles. The quantitative estimate of drug-likeness (QED) is 0.797. The fourth-order valence-electron chi connectivity index (χ4n) is 2.06. The summed E-state index contributed by atoms with van der Waals surface area (Å²) in [4.78, 5) is 16.0. The Balaban J connectivity index is 0.00000108. The van der Waals surface area contributed by atoms with E-state index in [9.17, 15) is 4.79 Å². The van der Waals surface area contributed by atoms with E-state index in [0.29, 0.717) is 5.58 Å². The Labute approximate surface area is 104 Å². The average molecular weight is 256 g/mol. The van der Waals surface area contributed by atoms with Crippen molar-refractivity contribution in [2.45, 2.75) is 0 Å². The van der Waals surface area contributed by atoms with Crippen LogP contribution in [0.2, 0.25) is 0 Å². The minimum Gasteiger partial charge on any atom is -0.408 e. The minimum absolute atomic E-state index is 0. The van der Waals surface area contributed by atoms with Crippen LogP contribution in [0.4, 0.5) is 5.69 Å². The molecular formula is C11H14ClN3O2. The summed E-state index contributed by atoms with van der Waals surface area (Å²) in [6, 6.07) is 5.79. The number of piperazine rings is 1. The van der Waals surface area contributed by atoms with Gasteiger partial charge in [-0.2, -0.15) is 0 Å². The van der Waals surface area contributed by atoms with Crippen LogP contribution in [0.25, 0.3) is 11.1 Å². The highest BCUT2D eigenvalue weighted by molar-refractivity contribution is 5.85. The predicted molar refractivity (Wildman–Crippen MR) is 69.2 cm³/mol. The number of oxazole rings is 1. The summed E-state index contributed by atoms with van der Waals surface area (Å²) in [6.07, 6.45) is 0. The summed E-state index contributed by atoms with van der Waals surface area (Å²) < 4.78 is 4.97. The average Bonchev–Trinajstić information content (AvgIpc) is 2.69. The first-order valence-electron chi connectivity index (χ1n) is 5.41. The fraction of sp³-hybridized carbons (Fsp3) is 0.364. The third kappa shape index (κ3) is 2.30. The molecule has 0 amide bonds. The molecule has 0 aliphatic carbocycles. The summed E-state index contributed by atoms with van der Waals surface area (Å²) >= 11 is 0. The molecule has 5 nitrogen and oxygen atoms in total. The molecular weight excluding hydrogens is 242 g/mol. The van der Waals surface area contributed by atoms with Crippen LogP contribution in [-0.2, 0) is 0 Å². The standard InChI is InChI=1S/C11H13N3O2.ClH/c15-11-13-9-7-8(1-2-10(9)16-11)14-5-3-12-4-6-14;/h1-2,7,12H,3-6H2,(H,13,15);1H. The topological polar surface area (TPSA) is 61.3 Å². The molecule has 1 aliphatic heterocycles. The van der Waals surface area contributed by atoms with Crippen molar-refractivity contribution in [1.82, 2.24) is 10.3 Å². The van der Waals surface area contributed by atoms with Gasteiger partial charge in [0.2, 0.25) is 0 Å². The largest absolute Gasteiger partial charge is 0.417 e. The van der Waals surface area contributed by atoms with Crippen LogP contribution in [0.1, 0.15) is 0 Å². The highest BCUT2D eigenvalue weighted by Crippen LogP contribution is 2.20. The molecule has 0 atom stereocenters. The Hall–Kier alpha value is -1.46. The van der Waals surface area contributed by atoms with Crippen molar-refractivity contribution >= 4 is 29.2 Å². The third-order valence-corrected chi connectivity index (χ3v) is 2.88. The lowest BCUT2D eigenvalue weighted by Gasteiger charge is -2.29. The number of halogens is 1. The number of nitrogens with one attached hydrogen (secondary N) is 2. The molecule has 0 bridgehead atoms. The molecule has 0 spiro atoms. The van der Waals surface area contributed by atoms with Gasteiger partial charge in [0.25, 0.3) is 0 Å². The van der Waals surface area contributed by atoms with Crippen molar-refractivity contribution in [3.05, 3.63) is 28.7 Å². The van der Waals surface area contributed by atoms with Gasteiger partial charge in [-0.3, -0.25) is 4.98 Å².